The largest absolute Gasteiger partial charge is 0.494 e. The molecule has 2 heterocycles. The molecule has 1 amide bonds. The Morgan fingerprint density at radius 1 is 1.25 bits per heavy atom. The highest BCUT2D eigenvalue weighted by molar-refractivity contribution is 7.18. The molecule has 2 aromatic heterocycles. The molecule has 0 bridgehead atoms. The van der Waals surface area contributed by atoms with Crippen molar-refractivity contribution in [2.75, 3.05) is 18.5 Å². The van der Waals surface area contributed by atoms with Crippen molar-refractivity contribution in [3.63, 3.8) is 0 Å². The molecule has 124 valence electrons. The average Bonchev–Trinajstić information content (AvgIpc) is 3.27. The second-order valence-corrected chi connectivity index (χ2v) is 5.84. The number of anilines is 1. The van der Waals surface area contributed by atoms with Crippen molar-refractivity contribution in [1.82, 2.24) is 10.2 Å². The summed E-state index contributed by atoms with van der Waals surface area (Å²) in [5, 5.41) is 11.7. The van der Waals surface area contributed by atoms with Crippen molar-refractivity contribution < 1.29 is 13.9 Å². The summed E-state index contributed by atoms with van der Waals surface area (Å²) >= 11 is 1.25. The first-order chi connectivity index (χ1) is 11.8. The SMILES string of the molecule is NCCCOc1ccc(C(=O)Nc2nnc(-c3ccco3)s2)cc1. The van der Waals surface area contributed by atoms with Gasteiger partial charge >= 0.3 is 0 Å². The zero-order valence-corrected chi connectivity index (χ0v) is 13.6. The maximum atomic E-state index is 12.2. The van der Waals surface area contributed by atoms with Gasteiger partial charge in [-0.3, -0.25) is 10.1 Å². The molecular weight excluding hydrogens is 328 g/mol. The second kappa shape index (κ2) is 7.71. The molecule has 3 N–H and O–H groups in total. The molecule has 0 aliphatic heterocycles. The predicted octanol–water partition coefficient (Wildman–Crippen LogP) is 2.78. The van der Waals surface area contributed by atoms with Crippen molar-refractivity contribution in [2.24, 2.45) is 5.73 Å². The molecule has 0 aliphatic rings. The third-order valence-corrected chi connectivity index (χ3v) is 3.96. The molecule has 3 rings (SSSR count). The van der Waals surface area contributed by atoms with Crippen LogP contribution in [0.1, 0.15) is 16.8 Å². The number of furan rings is 1. The Kier molecular flexibility index (Phi) is 5.19. The maximum absolute atomic E-state index is 12.2. The minimum atomic E-state index is -0.259. The van der Waals surface area contributed by atoms with Gasteiger partial charge in [0.1, 0.15) is 5.75 Å². The van der Waals surface area contributed by atoms with Crippen LogP contribution in [0, 0.1) is 0 Å². The van der Waals surface area contributed by atoms with Crippen LogP contribution in [-0.2, 0) is 0 Å². The summed E-state index contributed by atoms with van der Waals surface area (Å²) in [6, 6.07) is 10.4. The number of nitrogens with zero attached hydrogens (tertiary/aromatic N) is 2. The number of benzene rings is 1. The van der Waals surface area contributed by atoms with E-state index in [1.807, 2.05) is 0 Å². The van der Waals surface area contributed by atoms with E-state index in [1.165, 1.54) is 11.3 Å². The normalized spacial score (nSPS) is 10.5. The lowest BCUT2D eigenvalue weighted by molar-refractivity contribution is 0.102. The Hall–Kier alpha value is -2.71. The summed E-state index contributed by atoms with van der Waals surface area (Å²) in [7, 11) is 0. The molecular formula is C16H16N4O3S. The van der Waals surface area contributed by atoms with E-state index in [0.29, 0.717) is 40.4 Å². The molecule has 24 heavy (non-hydrogen) atoms. The van der Waals surface area contributed by atoms with E-state index in [-0.39, 0.29) is 5.91 Å². The highest BCUT2D eigenvalue weighted by Crippen LogP contribution is 2.26. The molecule has 8 heteroatoms. The highest BCUT2D eigenvalue weighted by Gasteiger charge is 2.12. The first-order valence-electron chi connectivity index (χ1n) is 7.38. The van der Waals surface area contributed by atoms with Crippen molar-refractivity contribution in [1.29, 1.82) is 0 Å². The van der Waals surface area contributed by atoms with Crippen LogP contribution in [0.3, 0.4) is 0 Å². The summed E-state index contributed by atoms with van der Waals surface area (Å²) in [5.41, 5.74) is 5.92. The molecule has 7 nitrogen and oxygen atoms in total. The molecule has 0 saturated carbocycles. The van der Waals surface area contributed by atoms with E-state index in [1.54, 1.807) is 42.7 Å². The molecule has 1 aromatic carbocycles. The number of nitrogens with one attached hydrogen (secondary N) is 1. The topological polar surface area (TPSA) is 103 Å². The molecule has 0 saturated heterocycles. The van der Waals surface area contributed by atoms with Gasteiger partial charge in [0.2, 0.25) is 5.13 Å². The Bertz CT molecular complexity index is 784. The molecule has 0 spiro atoms. The van der Waals surface area contributed by atoms with Gasteiger partial charge in [0.15, 0.2) is 10.8 Å². The van der Waals surface area contributed by atoms with Gasteiger partial charge < -0.3 is 14.9 Å². The zero-order chi connectivity index (χ0) is 16.8. The van der Waals surface area contributed by atoms with E-state index in [0.717, 1.165) is 6.42 Å². The van der Waals surface area contributed by atoms with E-state index in [4.69, 9.17) is 14.9 Å². The predicted molar refractivity (Wildman–Crippen MR) is 91.2 cm³/mol. The first kappa shape index (κ1) is 16.2. The van der Waals surface area contributed by atoms with Crippen LogP contribution in [-0.4, -0.2) is 29.3 Å². The maximum Gasteiger partial charge on any atom is 0.257 e. The van der Waals surface area contributed by atoms with Crippen LogP contribution < -0.4 is 15.8 Å². The van der Waals surface area contributed by atoms with Crippen LogP contribution in [0.4, 0.5) is 5.13 Å². The standard InChI is InChI=1S/C16H16N4O3S/c17-8-2-10-22-12-6-4-11(5-7-12)14(21)18-16-20-19-15(24-16)13-3-1-9-23-13/h1,3-7,9H,2,8,10,17H2,(H,18,20,21). The minimum Gasteiger partial charge on any atom is -0.494 e. The van der Waals surface area contributed by atoms with Crippen LogP contribution in [0.25, 0.3) is 10.8 Å². The van der Waals surface area contributed by atoms with Gasteiger partial charge in [0, 0.05) is 5.56 Å². The van der Waals surface area contributed by atoms with Gasteiger partial charge in [0.25, 0.3) is 5.91 Å². The number of ether oxygens (including phenoxy) is 1. The summed E-state index contributed by atoms with van der Waals surface area (Å²) < 4.78 is 10.8. The van der Waals surface area contributed by atoms with Gasteiger partial charge in [0.05, 0.1) is 12.9 Å². The van der Waals surface area contributed by atoms with E-state index in [2.05, 4.69) is 15.5 Å². The second-order valence-electron chi connectivity index (χ2n) is 4.86. The number of carbonyl (C=O) groups excluding carboxylic acids is 1. The zero-order valence-electron chi connectivity index (χ0n) is 12.8. The van der Waals surface area contributed by atoms with Gasteiger partial charge in [-0.05, 0) is 49.4 Å². The Morgan fingerprint density at radius 2 is 2.08 bits per heavy atom. The van der Waals surface area contributed by atoms with Gasteiger partial charge in [-0.15, -0.1) is 10.2 Å². The van der Waals surface area contributed by atoms with Gasteiger partial charge in [-0.2, -0.15) is 0 Å². The van der Waals surface area contributed by atoms with Crippen LogP contribution in [0.2, 0.25) is 0 Å². The third kappa shape index (κ3) is 3.98. The fraction of sp³-hybridized carbons (Fsp3) is 0.188. The van der Waals surface area contributed by atoms with E-state index in [9.17, 15) is 4.79 Å². The van der Waals surface area contributed by atoms with E-state index < -0.39 is 0 Å². The van der Waals surface area contributed by atoms with Crippen molar-refractivity contribution >= 4 is 22.4 Å². The molecule has 0 fully saturated rings. The number of rotatable bonds is 7. The molecule has 0 aliphatic carbocycles. The van der Waals surface area contributed by atoms with Crippen molar-refractivity contribution in [3.8, 4) is 16.5 Å². The molecule has 0 unspecified atom stereocenters. The van der Waals surface area contributed by atoms with Crippen LogP contribution in [0.5, 0.6) is 5.75 Å². The Morgan fingerprint density at radius 3 is 2.79 bits per heavy atom. The van der Waals surface area contributed by atoms with Crippen molar-refractivity contribution in [2.45, 2.75) is 6.42 Å². The number of aromatic nitrogens is 2. The lowest BCUT2D eigenvalue weighted by Gasteiger charge is -2.06. The fourth-order valence-electron chi connectivity index (χ4n) is 1.92. The quantitative estimate of drug-likeness (QED) is 0.639. The van der Waals surface area contributed by atoms with Crippen molar-refractivity contribution in [3.05, 3.63) is 48.2 Å². The Balaban J connectivity index is 1.60. The molecule has 0 radical (unpaired) electrons. The third-order valence-electron chi connectivity index (χ3n) is 3.11. The van der Waals surface area contributed by atoms with Gasteiger partial charge in [-0.1, -0.05) is 11.3 Å². The van der Waals surface area contributed by atoms with Crippen LogP contribution >= 0.6 is 11.3 Å². The number of nitrogens with two attached hydrogens (primary N) is 1. The number of amides is 1. The minimum absolute atomic E-state index is 0.259. The lowest BCUT2D eigenvalue weighted by Crippen LogP contribution is -2.11. The lowest BCUT2D eigenvalue weighted by atomic mass is 10.2. The fourth-order valence-corrected chi connectivity index (χ4v) is 2.63. The smallest absolute Gasteiger partial charge is 0.257 e. The van der Waals surface area contributed by atoms with Gasteiger partial charge in [-0.25, -0.2) is 0 Å². The number of hydrogen-bond donors (Lipinski definition) is 2. The molecule has 0 atom stereocenters. The number of carbonyl (C=O) groups is 1. The highest BCUT2D eigenvalue weighted by atomic mass is 32.1. The summed E-state index contributed by atoms with van der Waals surface area (Å²) in [6.45, 7) is 1.14. The monoisotopic (exact) mass is 344 g/mol. The van der Waals surface area contributed by atoms with E-state index >= 15 is 0 Å². The summed E-state index contributed by atoms with van der Waals surface area (Å²) in [4.78, 5) is 12.2. The molecule has 3 aromatic rings. The summed E-state index contributed by atoms with van der Waals surface area (Å²) in [6.07, 6.45) is 2.35. The van der Waals surface area contributed by atoms with Crippen LogP contribution in [0.15, 0.2) is 47.1 Å². The first-order valence-corrected chi connectivity index (χ1v) is 8.19. The Labute approximate surface area is 142 Å². The average molecular weight is 344 g/mol. The summed E-state index contributed by atoms with van der Waals surface area (Å²) in [5.74, 6) is 1.06. The number of hydrogen-bond acceptors (Lipinski definition) is 7.